The molecule has 2 aliphatic heterocycles. The molecule has 42 heavy (non-hydrogen) atoms. The van der Waals surface area contributed by atoms with Gasteiger partial charge in [-0.3, -0.25) is 9.59 Å². The van der Waals surface area contributed by atoms with Gasteiger partial charge >= 0.3 is 0 Å². The van der Waals surface area contributed by atoms with Gasteiger partial charge in [-0.25, -0.2) is 4.99 Å². The molecule has 1 unspecified atom stereocenters. The summed E-state index contributed by atoms with van der Waals surface area (Å²) in [5.74, 6) is 0.810. The Morgan fingerprint density at radius 3 is 2.33 bits per heavy atom. The summed E-state index contributed by atoms with van der Waals surface area (Å²) in [7, 11) is 0. The molecule has 0 bridgehead atoms. The Bertz CT molecular complexity index is 1290. The van der Waals surface area contributed by atoms with E-state index in [1.807, 2.05) is 24.0 Å². The number of nitrogens with zero attached hydrogens (tertiary/aromatic N) is 3. The van der Waals surface area contributed by atoms with Crippen LogP contribution in [0.25, 0.3) is 0 Å². The molecule has 2 amide bonds. The molecule has 9 nitrogen and oxygen atoms in total. The van der Waals surface area contributed by atoms with Crippen LogP contribution in [0.4, 0.5) is 5.69 Å². The first-order valence-corrected chi connectivity index (χ1v) is 15.0. The van der Waals surface area contributed by atoms with E-state index in [0.717, 1.165) is 64.1 Å². The standard InChI is InChI=1S/C33H45N7O2/c1-4-31(41)39-18-15-27(16-19-39)26-11-13-28(14-12-26)37-33(24(3)32(35)42)38-30(20-34)40-17-5-6-29(22-40)36-21-25-9-7-23(2)8-10-25/h7-14,20,27,29,36H,3-6,15-19,21-22,34H2,1-2H3,(H2,35,42)(H,37,38)/b30-20+. The number of amidine groups is 1. The van der Waals surface area contributed by atoms with Crippen LogP contribution in [0, 0.1) is 6.92 Å². The Kier molecular flexibility index (Phi) is 10.8. The lowest BCUT2D eigenvalue weighted by Gasteiger charge is -2.35. The van der Waals surface area contributed by atoms with Gasteiger partial charge in [0, 0.05) is 57.1 Å². The van der Waals surface area contributed by atoms with Crippen LogP contribution in [-0.2, 0) is 16.1 Å². The molecular weight excluding hydrogens is 526 g/mol. The summed E-state index contributed by atoms with van der Waals surface area (Å²) >= 11 is 0. The maximum Gasteiger partial charge on any atom is 0.251 e. The monoisotopic (exact) mass is 571 g/mol. The zero-order chi connectivity index (χ0) is 30.1. The highest BCUT2D eigenvalue weighted by atomic mass is 16.2. The second-order valence-corrected chi connectivity index (χ2v) is 11.2. The maximum atomic E-state index is 12.1. The predicted octanol–water partition coefficient (Wildman–Crippen LogP) is 3.97. The quantitative estimate of drug-likeness (QED) is 0.194. The van der Waals surface area contributed by atoms with Crippen molar-refractivity contribution in [3.05, 3.63) is 89.4 Å². The van der Waals surface area contributed by atoms with Gasteiger partial charge in [0.15, 0.2) is 0 Å². The van der Waals surface area contributed by atoms with Crippen LogP contribution in [0.15, 0.2) is 77.7 Å². The van der Waals surface area contributed by atoms with Gasteiger partial charge in [0.2, 0.25) is 5.91 Å². The highest BCUT2D eigenvalue weighted by Crippen LogP contribution is 2.29. The minimum atomic E-state index is -0.654. The van der Waals surface area contributed by atoms with Crippen molar-refractivity contribution < 1.29 is 9.59 Å². The number of hydrogen-bond donors (Lipinski definition) is 4. The lowest BCUT2D eigenvalue weighted by atomic mass is 9.89. The molecule has 2 saturated heterocycles. The average Bonchev–Trinajstić information content (AvgIpc) is 3.02. The second-order valence-electron chi connectivity index (χ2n) is 11.2. The van der Waals surface area contributed by atoms with Crippen LogP contribution >= 0.6 is 0 Å². The third-order valence-electron chi connectivity index (χ3n) is 8.21. The summed E-state index contributed by atoms with van der Waals surface area (Å²) in [5, 5.41) is 6.90. The number of primary amides is 1. The summed E-state index contributed by atoms with van der Waals surface area (Å²) in [4.78, 5) is 33.0. The van der Waals surface area contributed by atoms with E-state index in [4.69, 9.17) is 16.5 Å². The van der Waals surface area contributed by atoms with Crippen molar-refractivity contribution in [1.82, 2.24) is 15.1 Å². The van der Waals surface area contributed by atoms with Crippen LogP contribution in [0.1, 0.15) is 61.6 Å². The molecule has 2 aromatic carbocycles. The number of nitrogens with one attached hydrogen (secondary N) is 2. The van der Waals surface area contributed by atoms with E-state index in [1.165, 1.54) is 22.9 Å². The number of aliphatic imine (C=N–C) groups is 1. The van der Waals surface area contributed by atoms with Crippen molar-refractivity contribution >= 4 is 23.3 Å². The van der Waals surface area contributed by atoms with E-state index in [1.54, 1.807) is 0 Å². The number of carbonyl (C=O) groups excluding carboxylic acids is 2. The van der Waals surface area contributed by atoms with E-state index in [-0.39, 0.29) is 23.4 Å². The van der Waals surface area contributed by atoms with E-state index >= 15 is 0 Å². The Hall–Kier alpha value is -4.11. The molecule has 1 atom stereocenters. The van der Waals surface area contributed by atoms with E-state index in [9.17, 15) is 9.59 Å². The number of nitrogens with two attached hydrogens (primary N) is 2. The van der Waals surface area contributed by atoms with Gasteiger partial charge in [0.25, 0.3) is 5.91 Å². The van der Waals surface area contributed by atoms with Crippen molar-refractivity contribution in [3.63, 3.8) is 0 Å². The highest BCUT2D eigenvalue weighted by Gasteiger charge is 2.24. The number of piperidine rings is 2. The lowest BCUT2D eigenvalue weighted by molar-refractivity contribution is -0.131. The van der Waals surface area contributed by atoms with Crippen molar-refractivity contribution in [2.75, 3.05) is 31.5 Å². The fourth-order valence-corrected chi connectivity index (χ4v) is 5.60. The molecule has 6 N–H and O–H groups in total. The van der Waals surface area contributed by atoms with E-state index < -0.39 is 5.91 Å². The summed E-state index contributed by atoms with van der Waals surface area (Å²) < 4.78 is 0. The molecule has 0 spiro atoms. The number of hydrogen-bond acceptors (Lipinski definition) is 6. The number of rotatable bonds is 10. The van der Waals surface area contributed by atoms with Gasteiger partial charge in [0.1, 0.15) is 11.7 Å². The lowest BCUT2D eigenvalue weighted by Crippen LogP contribution is -2.45. The molecule has 2 aliphatic rings. The molecule has 2 fully saturated rings. The van der Waals surface area contributed by atoms with Crippen molar-refractivity contribution in [2.45, 2.75) is 64.5 Å². The maximum absolute atomic E-state index is 12.1. The topological polar surface area (TPSA) is 129 Å². The number of likely N-dealkylation sites (tertiary alicyclic amines) is 2. The van der Waals surface area contributed by atoms with Gasteiger partial charge in [-0.05, 0) is 61.8 Å². The summed E-state index contributed by atoms with van der Waals surface area (Å²) in [5.41, 5.74) is 16.3. The highest BCUT2D eigenvalue weighted by molar-refractivity contribution is 6.24. The molecule has 0 radical (unpaired) electrons. The molecule has 4 rings (SSSR count). The third kappa shape index (κ3) is 8.22. The number of aryl methyl sites for hydroxylation is 1. The van der Waals surface area contributed by atoms with Crippen LogP contribution in [0.5, 0.6) is 0 Å². The molecule has 224 valence electrons. The van der Waals surface area contributed by atoms with Gasteiger partial charge in [-0.1, -0.05) is 55.5 Å². The SMILES string of the molecule is C=C(C(N)=O)C(=N/C(=C\N)N1CCCC(NCc2ccc(C)cc2)C1)Nc1ccc(C2CCN(C(=O)CC)CC2)cc1. The van der Waals surface area contributed by atoms with Crippen LogP contribution < -0.4 is 22.1 Å². The zero-order valence-corrected chi connectivity index (χ0v) is 24.9. The van der Waals surface area contributed by atoms with Crippen LogP contribution in [0.2, 0.25) is 0 Å². The third-order valence-corrected chi connectivity index (χ3v) is 8.21. The fraction of sp³-hybridized carbons (Fsp3) is 0.424. The largest absolute Gasteiger partial charge is 0.402 e. The summed E-state index contributed by atoms with van der Waals surface area (Å²) in [6.45, 7) is 11.8. The summed E-state index contributed by atoms with van der Waals surface area (Å²) in [6, 6.07) is 17.0. The minimum absolute atomic E-state index is 0.0810. The number of anilines is 1. The molecule has 2 heterocycles. The molecule has 0 saturated carbocycles. The Morgan fingerprint density at radius 1 is 1.02 bits per heavy atom. The normalized spacial score (nSPS) is 18.6. The van der Waals surface area contributed by atoms with Crippen molar-refractivity contribution in [1.29, 1.82) is 0 Å². The van der Waals surface area contributed by atoms with Crippen LogP contribution in [-0.4, -0.2) is 59.7 Å². The van der Waals surface area contributed by atoms with Crippen molar-refractivity contribution in [2.24, 2.45) is 16.5 Å². The number of amides is 2. The second kappa shape index (κ2) is 14.7. The predicted molar refractivity (Wildman–Crippen MR) is 170 cm³/mol. The fourth-order valence-electron chi connectivity index (χ4n) is 5.60. The Labute approximate surface area is 249 Å². The molecule has 2 aromatic rings. The molecular formula is C33H45N7O2. The van der Waals surface area contributed by atoms with Crippen molar-refractivity contribution in [3.8, 4) is 0 Å². The smallest absolute Gasteiger partial charge is 0.251 e. The molecule has 0 aromatic heterocycles. The first-order valence-electron chi connectivity index (χ1n) is 15.0. The Balaban J connectivity index is 1.41. The van der Waals surface area contributed by atoms with Gasteiger partial charge < -0.3 is 31.9 Å². The van der Waals surface area contributed by atoms with E-state index in [2.05, 4.69) is 65.4 Å². The number of benzene rings is 2. The van der Waals surface area contributed by atoms with E-state index in [0.29, 0.717) is 18.2 Å². The summed E-state index contributed by atoms with van der Waals surface area (Å²) in [6.07, 6.45) is 5.97. The van der Waals surface area contributed by atoms with Gasteiger partial charge in [-0.15, -0.1) is 0 Å². The van der Waals surface area contributed by atoms with Gasteiger partial charge in [0.05, 0.1) is 5.57 Å². The average molecular weight is 572 g/mol. The van der Waals surface area contributed by atoms with Crippen LogP contribution in [0.3, 0.4) is 0 Å². The van der Waals surface area contributed by atoms with Gasteiger partial charge in [-0.2, -0.15) is 0 Å². The first kappa shape index (κ1) is 30.8. The molecule has 9 heteroatoms. The zero-order valence-electron chi connectivity index (χ0n) is 24.9. The minimum Gasteiger partial charge on any atom is -0.402 e. The Morgan fingerprint density at radius 2 is 1.71 bits per heavy atom. The first-order chi connectivity index (χ1) is 20.3. The number of carbonyl (C=O) groups is 2. The molecule has 0 aliphatic carbocycles.